The van der Waals surface area contributed by atoms with Crippen LogP contribution in [0.1, 0.15) is 18.9 Å². The minimum atomic E-state index is -0.0737. The van der Waals surface area contributed by atoms with E-state index in [0.29, 0.717) is 30.6 Å². The van der Waals surface area contributed by atoms with Crippen molar-refractivity contribution in [2.45, 2.75) is 13.3 Å². The van der Waals surface area contributed by atoms with Crippen LogP contribution in [0.15, 0.2) is 36.0 Å². The van der Waals surface area contributed by atoms with Gasteiger partial charge in [0.1, 0.15) is 5.70 Å². The van der Waals surface area contributed by atoms with Crippen molar-refractivity contribution >= 4 is 29.3 Å². The molecule has 0 radical (unpaired) electrons. The zero-order valence-electron chi connectivity index (χ0n) is 11.5. The highest BCUT2D eigenvalue weighted by atomic mass is 32.1. The molecule has 1 aliphatic heterocycles. The largest absolute Gasteiger partial charge is 0.382 e. The molecule has 4 nitrogen and oxygen atoms in total. The van der Waals surface area contributed by atoms with E-state index < -0.39 is 0 Å². The van der Waals surface area contributed by atoms with Gasteiger partial charge in [-0.25, -0.2) is 0 Å². The highest BCUT2D eigenvalue weighted by Crippen LogP contribution is 2.14. The van der Waals surface area contributed by atoms with Gasteiger partial charge in [-0.1, -0.05) is 30.3 Å². The molecule has 1 heterocycles. The molecule has 1 N–H and O–H groups in total. The highest BCUT2D eigenvalue weighted by Gasteiger charge is 2.29. The van der Waals surface area contributed by atoms with Crippen molar-refractivity contribution in [3.05, 3.63) is 41.6 Å². The van der Waals surface area contributed by atoms with Crippen molar-refractivity contribution in [1.29, 1.82) is 0 Å². The zero-order chi connectivity index (χ0) is 14.4. The standard InChI is InChI=1S/C15H18N2O2S/c1-2-19-10-6-9-17-14(18)13(16-15(17)20)11-12-7-4-3-5-8-12/h3-5,7-8,11H,2,6,9-10H2,1H3,(H,16,20)/b13-11-. The van der Waals surface area contributed by atoms with Crippen LogP contribution < -0.4 is 5.32 Å². The van der Waals surface area contributed by atoms with Gasteiger partial charge in [-0.2, -0.15) is 0 Å². The number of benzene rings is 1. The lowest BCUT2D eigenvalue weighted by atomic mass is 10.2. The number of hydrogen-bond acceptors (Lipinski definition) is 3. The van der Waals surface area contributed by atoms with Crippen LogP contribution in [-0.2, 0) is 9.53 Å². The van der Waals surface area contributed by atoms with E-state index in [1.807, 2.05) is 43.3 Å². The third kappa shape index (κ3) is 3.65. The van der Waals surface area contributed by atoms with Gasteiger partial charge >= 0.3 is 0 Å². The van der Waals surface area contributed by atoms with Crippen LogP contribution in [-0.4, -0.2) is 35.7 Å². The summed E-state index contributed by atoms with van der Waals surface area (Å²) in [4.78, 5) is 13.8. The molecule has 0 bridgehead atoms. The quantitative estimate of drug-likeness (QED) is 0.495. The van der Waals surface area contributed by atoms with Crippen molar-refractivity contribution in [3.63, 3.8) is 0 Å². The number of carbonyl (C=O) groups excluding carboxylic acids is 1. The van der Waals surface area contributed by atoms with E-state index in [4.69, 9.17) is 17.0 Å². The first-order valence-corrected chi connectivity index (χ1v) is 7.10. The minimum Gasteiger partial charge on any atom is -0.382 e. The molecular formula is C15H18N2O2S. The summed E-state index contributed by atoms with van der Waals surface area (Å²) in [5.74, 6) is -0.0737. The van der Waals surface area contributed by atoms with E-state index in [9.17, 15) is 4.79 Å². The van der Waals surface area contributed by atoms with Gasteiger partial charge < -0.3 is 10.1 Å². The third-order valence-electron chi connectivity index (χ3n) is 2.95. The van der Waals surface area contributed by atoms with Crippen LogP contribution in [0.2, 0.25) is 0 Å². The summed E-state index contributed by atoms with van der Waals surface area (Å²) >= 11 is 5.20. The van der Waals surface area contributed by atoms with Crippen molar-refractivity contribution in [2.75, 3.05) is 19.8 Å². The maximum absolute atomic E-state index is 12.3. The molecular weight excluding hydrogens is 272 g/mol. The monoisotopic (exact) mass is 290 g/mol. The molecule has 1 amide bonds. The Balaban J connectivity index is 2.00. The summed E-state index contributed by atoms with van der Waals surface area (Å²) in [6, 6.07) is 9.70. The molecule has 0 saturated carbocycles. The molecule has 0 atom stereocenters. The lowest BCUT2D eigenvalue weighted by molar-refractivity contribution is -0.122. The van der Waals surface area contributed by atoms with Gasteiger partial charge in [0.05, 0.1) is 0 Å². The van der Waals surface area contributed by atoms with E-state index >= 15 is 0 Å². The highest BCUT2D eigenvalue weighted by molar-refractivity contribution is 7.80. The van der Waals surface area contributed by atoms with E-state index in [0.717, 1.165) is 12.0 Å². The van der Waals surface area contributed by atoms with Crippen LogP contribution >= 0.6 is 12.2 Å². The van der Waals surface area contributed by atoms with Gasteiger partial charge in [-0.15, -0.1) is 0 Å². The Morgan fingerprint density at radius 3 is 2.80 bits per heavy atom. The lowest BCUT2D eigenvalue weighted by Crippen LogP contribution is -2.32. The maximum atomic E-state index is 12.3. The fourth-order valence-electron chi connectivity index (χ4n) is 1.96. The number of amides is 1. The van der Waals surface area contributed by atoms with Crippen LogP contribution in [0.4, 0.5) is 0 Å². The van der Waals surface area contributed by atoms with Gasteiger partial charge in [0.2, 0.25) is 0 Å². The number of rotatable bonds is 6. The molecule has 0 spiro atoms. The van der Waals surface area contributed by atoms with Gasteiger partial charge in [0.15, 0.2) is 5.11 Å². The SMILES string of the molecule is CCOCCCN1C(=O)/C(=C/c2ccccc2)NC1=S. The normalized spacial score (nSPS) is 16.9. The van der Waals surface area contributed by atoms with E-state index in [-0.39, 0.29) is 5.91 Å². The molecule has 1 aliphatic rings. The molecule has 1 aromatic rings. The molecule has 0 aromatic heterocycles. The van der Waals surface area contributed by atoms with E-state index in [2.05, 4.69) is 5.32 Å². The summed E-state index contributed by atoms with van der Waals surface area (Å²) in [5.41, 5.74) is 1.50. The molecule has 20 heavy (non-hydrogen) atoms. The second kappa shape index (κ2) is 7.17. The smallest absolute Gasteiger partial charge is 0.276 e. The van der Waals surface area contributed by atoms with Crippen LogP contribution in [0.25, 0.3) is 6.08 Å². The van der Waals surface area contributed by atoms with E-state index in [1.54, 1.807) is 4.90 Å². The lowest BCUT2D eigenvalue weighted by Gasteiger charge is -2.13. The fraction of sp³-hybridized carbons (Fsp3) is 0.333. The zero-order valence-corrected chi connectivity index (χ0v) is 12.3. The van der Waals surface area contributed by atoms with Gasteiger partial charge in [-0.05, 0) is 37.2 Å². The minimum absolute atomic E-state index is 0.0737. The molecule has 2 rings (SSSR count). The molecule has 5 heteroatoms. The van der Waals surface area contributed by atoms with Crippen molar-refractivity contribution in [1.82, 2.24) is 10.2 Å². The Hall–Kier alpha value is -1.72. The summed E-state index contributed by atoms with van der Waals surface area (Å²) < 4.78 is 5.27. The fourth-order valence-corrected chi connectivity index (χ4v) is 2.24. The summed E-state index contributed by atoms with van der Waals surface area (Å²) in [5, 5.41) is 3.44. The van der Waals surface area contributed by atoms with Gasteiger partial charge in [0.25, 0.3) is 5.91 Å². The summed E-state index contributed by atoms with van der Waals surface area (Å²) in [6.07, 6.45) is 2.59. The van der Waals surface area contributed by atoms with Crippen LogP contribution in [0, 0.1) is 0 Å². The molecule has 0 unspecified atom stereocenters. The number of nitrogens with one attached hydrogen (secondary N) is 1. The Kier molecular flexibility index (Phi) is 5.26. The Morgan fingerprint density at radius 2 is 2.10 bits per heavy atom. The molecule has 0 aliphatic carbocycles. The number of hydrogen-bond donors (Lipinski definition) is 1. The second-order valence-corrected chi connectivity index (χ2v) is 4.79. The second-order valence-electron chi connectivity index (χ2n) is 4.41. The third-order valence-corrected chi connectivity index (χ3v) is 3.27. The average Bonchev–Trinajstić information content (AvgIpc) is 2.72. The Morgan fingerprint density at radius 1 is 1.35 bits per heavy atom. The summed E-state index contributed by atoms with van der Waals surface area (Å²) in [6.45, 7) is 3.86. The number of carbonyl (C=O) groups is 1. The van der Waals surface area contributed by atoms with Crippen LogP contribution in [0.5, 0.6) is 0 Å². The Bertz CT molecular complexity index is 514. The van der Waals surface area contributed by atoms with Crippen molar-refractivity contribution < 1.29 is 9.53 Å². The van der Waals surface area contributed by atoms with Gasteiger partial charge in [0, 0.05) is 19.8 Å². The predicted octanol–water partition coefficient (Wildman–Crippen LogP) is 2.17. The first-order valence-electron chi connectivity index (χ1n) is 6.69. The molecule has 1 aromatic carbocycles. The summed E-state index contributed by atoms with van der Waals surface area (Å²) in [7, 11) is 0. The Labute approximate surface area is 124 Å². The number of thiocarbonyl (C=S) groups is 1. The maximum Gasteiger partial charge on any atom is 0.276 e. The van der Waals surface area contributed by atoms with Gasteiger partial charge in [-0.3, -0.25) is 9.69 Å². The predicted molar refractivity (Wildman–Crippen MR) is 83.0 cm³/mol. The van der Waals surface area contributed by atoms with Crippen molar-refractivity contribution in [2.24, 2.45) is 0 Å². The molecule has 1 saturated heterocycles. The molecule has 106 valence electrons. The topological polar surface area (TPSA) is 41.6 Å². The molecule has 1 fully saturated rings. The average molecular weight is 290 g/mol. The van der Waals surface area contributed by atoms with Crippen molar-refractivity contribution in [3.8, 4) is 0 Å². The number of ether oxygens (including phenoxy) is 1. The van der Waals surface area contributed by atoms with Crippen LogP contribution in [0.3, 0.4) is 0 Å². The number of nitrogens with zero attached hydrogens (tertiary/aromatic N) is 1. The first kappa shape index (κ1) is 14.7. The first-order chi connectivity index (χ1) is 9.72. The van der Waals surface area contributed by atoms with E-state index in [1.165, 1.54) is 0 Å².